The molecule has 0 unspecified atom stereocenters. The predicted molar refractivity (Wildman–Crippen MR) is 120 cm³/mol. The largest absolute Gasteiger partial charge is 0.365 e. The van der Waals surface area contributed by atoms with E-state index in [0.717, 1.165) is 52.7 Å². The summed E-state index contributed by atoms with van der Waals surface area (Å²) < 4.78 is 0. The molecule has 150 valence electrons. The molecule has 2 heterocycles. The minimum Gasteiger partial charge on any atom is -0.365 e. The van der Waals surface area contributed by atoms with Gasteiger partial charge in [-0.3, -0.25) is 9.59 Å². The first kappa shape index (κ1) is 19.9. The van der Waals surface area contributed by atoms with Crippen LogP contribution >= 0.6 is 23.1 Å². The van der Waals surface area contributed by atoms with E-state index in [1.54, 1.807) is 0 Å². The van der Waals surface area contributed by atoms with Crippen LogP contribution in [-0.2, 0) is 17.6 Å². The molecule has 0 saturated heterocycles. The second kappa shape index (κ2) is 8.16. The van der Waals surface area contributed by atoms with Gasteiger partial charge in [-0.1, -0.05) is 23.4 Å². The van der Waals surface area contributed by atoms with Crippen molar-refractivity contribution >= 4 is 50.8 Å². The minimum absolute atomic E-state index is 0.152. The molecule has 0 radical (unpaired) electrons. The van der Waals surface area contributed by atoms with E-state index in [4.69, 9.17) is 10.7 Å². The van der Waals surface area contributed by atoms with E-state index in [-0.39, 0.29) is 11.7 Å². The Labute approximate surface area is 178 Å². The highest BCUT2D eigenvalue weighted by atomic mass is 32.2. The highest BCUT2D eigenvalue weighted by Crippen LogP contribution is 2.38. The van der Waals surface area contributed by atoms with E-state index in [1.165, 1.54) is 33.5 Å². The zero-order chi connectivity index (χ0) is 20.5. The summed E-state index contributed by atoms with van der Waals surface area (Å²) >= 11 is 2.90. The second-order valence-electron chi connectivity index (χ2n) is 7.42. The Hall–Kier alpha value is -2.38. The molecule has 4 rings (SSSR count). The molecule has 1 aliphatic carbocycles. The molecular weight excluding hydrogens is 402 g/mol. The number of nitrogens with zero attached hydrogens (tertiary/aromatic N) is 1. The predicted octanol–water partition coefficient (Wildman–Crippen LogP) is 4.62. The molecule has 2 aromatic heterocycles. The van der Waals surface area contributed by atoms with Crippen molar-refractivity contribution in [1.29, 1.82) is 0 Å². The average molecular weight is 426 g/mol. The average Bonchev–Trinajstić information content (AvgIpc) is 3.04. The van der Waals surface area contributed by atoms with Gasteiger partial charge in [0.2, 0.25) is 5.91 Å². The van der Waals surface area contributed by atoms with Crippen molar-refractivity contribution in [1.82, 2.24) is 4.98 Å². The zero-order valence-corrected chi connectivity index (χ0v) is 18.1. The van der Waals surface area contributed by atoms with Gasteiger partial charge < -0.3 is 11.1 Å². The Morgan fingerprint density at radius 1 is 1.21 bits per heavy atom. The Bertz CT molecular complexity index is 1120. The Morgan fingerprint density at radius 3 is 2.79 bits per heavy atom. The molecule has 3 N–H and O–H groups in total. The summed E-state index contributed by atoms with van der Waals surface area (Å²) in [5, 5.41) is 5.45. The lowest BCUT2D eigenvalue weighted by Gasteiger charge is -2.11. The highest BCUT2D eigenvalue weighted by molar-refractivity contribution is 8.00. The second-order valence-corrected chi connectivity index (χ2v) is 9.49. The number of aromatic nitrogens is 1. The fourth-order valence-electron chi connectivity index (χ4n) is 3.74. The summed E-state index contributed by atoms with van der Waals surface area (Å²) in [6, 6.07) is 8.26. The smallest absolute Gasteiger partial charge is 0.251 e. The number of hydrogen-bond donors (Lipinski definition) is 2. The van der Waals surface area contributed by atoms with Crippen LogP contribution in [0.2, 0.25) is 0 Å². The van der Waals surface area contributed by atoms with Crippen LogP contribution in [0.3, 0.4) is 0 Å². The summed E-state index contributed by atoms with van der Waals surface area (Å²) in [7, 11) is 0. The van der Waals surface area contributed by atoms with Gasteiger partial charge >= 0.3 is 0 Å². The number of thiophene rings is 1. The number of carbonyl (C=O) groups excluding carboxylic acids is 2. The fraction of sp³-hybridized carbons (Fsp3) is 0.318. The Balaban J connectivity index is 1.49. The first-order valence-electron chi connectivity index (χ1n) is 9.67. The van der Waals surface area contributed by atoms with Gasteiger partial charge in [-0.25, -0.2) is 4.98 Å². The third-order valence-electron chi connectivity index (χ3n) is 5.13. The number of hydrogen-bond acceptors (Lipinski definition) is 5. The molecular formula is C22H23N3O2S2. The monoisotopic (exact) mass is 425 g/mol. The molecule has 1 aliphatic rings. The standard InChI is InChI=1S/C22H23N3O2S2/c1-12-7-8-16-14(9-12)10-13(2)21(24-16)28-11-18(26)25-22-19(20(23)27)15-5-3-4-6-17(15)29-22/h7-10H,3-6,11H2,1-2H3,(H2,23,27)(H,25,26). The quantitative estimate of drug-likeness (QED) is 0.584. The maximum atomic E-state index is 12.6. The summed E-state index contributed by atoms with van der Waals surface area (Å²) in [5.74, 6) is -0.387. The number of fused-ring (bicyclic) bond motifs is 2. The molecule has 5 nitrogen and oxygen atoms in total. The maximum Gasteiger partial charge on any atom is 0.251 e. The molecule has 1 aromatic carbocycles. The van der Waals surface area contributed by atoms with Crippen LogP contribution in [0.25, 0.3) is 10.9 Å². The molecule has 0 spiro atoms. The van der Waals surface area contributed by atoms with Gasteiger partial charge in [0.05, 0.1) is 16.8 Å². The van der Waals surface area contributed by atoms with E-state index < -0.39 is 5.91 Å². The number of primary amides is 1. The van der Waals surface area contributed by atoms with Crippen LogP contribution in [0, 0.1) is 13.8 Å². The van der Waals surface area contributed by atoms with Gasteiger partial charge in [-0.05, 0) is 68.9 Å². The van der Waals surface area contributed by atoms with E-state index in [1.807, 2.05) is 19.1 Å². The highest BCUT2D eigenvalue weighted by Gasteiger charge is 2.25. The molecule has 2 amide bonds. The van der Waals surface area contributed by atoms with Crippen LogP contribution in [0.1, 0.15) is 44.8 Å². The van der Waals surface area contributed by atoms with Crippen molar-refractivity contribution in [3.63, 3.8) is 0 Å². The summed E-state index contributed by atoms with van der Waals surface area (Å²) in [6.07, 6.45) is 3.97. The fourth-order valence-corrected chi connectivity index (χ4v) is 5.84. The van der Waals surface area contributed by atoms with E-state index in [0.29, 0.717) is 10.6 Å². The van der Waals surface area contributed by atoms with Crippen molar-refractivity contribution in [2.45, 2.75) is 44.6 Å². The topological polar surface area (TPSA) is 85.1 Å². The first-order chi connectivity index (χ1) is 13.9. The molecule has 0 aliphatic heterocycles. The molecule has 0 bridgehead atoms. The number of amides is 2. The normalized spacial score (nSPS) is 13.3. The Kier molecular flexibility index (Phi) is 5.61. The molecule has 3 aromatic rings. The number of carbonyl (C=O) groups is 2. The van der Waals surface area contributed by atoms with Crippen molar-refractivity contribution in [2.24, 2.45) is 5.73 Å². The number of benzene rings is 1. The molecule has 29 heavy (non-hydrogen) atoms. The van der Waals surface area contributed by atoms with Gasteiger partial charge in [-0.15, -0.1) is 11.3 Å². The van der Waals surface area contributed by atoms with Crippen molar-refractivity contribution in [2.75, 3.05) is 11.1 Å². The number of rotatable bonds is 5. The van der Waals surface area contributed by atoms with Gasteiger partial charge in [0.15, 0.2) is 0 Å². The third kappa shape index (κ3) is 4.16. The van der Waals surface area contributed by atoms with Gasteiger partial charge in [0.1, 0.15) is 10.0 Å². The summed E-state index contributed by atoms with van der Waals surface area (Å²) in [4.78, 5) is 30.4. The lowest BCUT2D eigenvalue weighted by Crippen LogP contribution is -2.19. The number of aryl methyl sites for hydroxylation is 3. The van der Waals surface area contributed by atoms with Crippen LogP contribution in [0.5, 0.6) is 0 Å². The van der Waals surface area contributed by atoms with Crippen molar-refractivity contribution in [3.8, 4) is 0 Å². The lowest BCUT2D eigenvalue weighted by molar-refractivity contribution is -0.113. The van der Waals surface area contributed by atoms with Crippen LogP contribution < -0.4 is 11.1 Å². The van der Waals surface area contributed by atoms with Gasteiger partial charge in [-0.2, -0.15) is 0 Å². The van der Waals surface area contributed by atoms with Crippen molar-refractivity contribution in [3.05, 3.63) is 51.4 Å². The number of pyridine rings is 1. The minimum atomic E-state index is -0.463. The molecule has 0 fully saturated rings. The number of nitrogens with two attached hydrogens (primary N) is 1. The van der Waals surface area contributed by atoms with Crippen LogP contribution in [-0.4, -0.2) is 22.6 Å². The number of anilines is 1. The van der Waals surface area contributed by atoms with Crippen LogP contribution in [0.4, 0.5) is 5.00 Å². The molecule has 0 atom stereocenters. The van der Waals surface area contributed by atoms with Gasteiger partial charge in [0.25, 0.3) is 5.91 Å². The number of thioether (sulfide) groups is 1. The lowest BCUT2D eigenvalue weighted by atomic mass is 9.95. The SMILES string of the molecule is Cc1ccc2nc(SCC(=O)Nc3sc4c(c3C(N)=O)CCCC4)c(C)cc2c1. The van der Waals surface area contributed by atoms with E-state index in [9.17, 15) is 9.59 Å². The molecule has 7 heteroatoms. The van der Waals surface area contributed by atoms with E-state index in [2.05, 4.69) is 24.4 Å². The maximum absolute atomic E-state index is 12.6. The van der Waals surface area contributed by atoms with Crippen LogP contribution in [0.15, 0.2) is 29.3 Å². The Morgan fingerprint density at radius 2 is 2.00 bits per heavy atom. The summed E-state index contributed by atoms with van der Waals surface area (Å²) in [5.41, 5.74) is 10.3. The zero-order valence-electron chi connectivity index (χ0n) is 16.5. The number of nitrogens with one attached hydrogen (secondary N) is 1. The van der Waals surface area contributed by atoms with Crippen molar-refractivity contribution < 1.29 is 9.59 Å². The first-order valence-corrected chi connectivity index (χ1v) is 11.5. The van der Waals surface area contributed by atoms with E-state index >= 15 is 0 Å². The van der Waals surface area contributed by atoms with Gasteiger partial charge in [0, 0.05) is 10.3 Å². The molecule has 0 saturated carbocycles. The third-order valence-corrected chi connectivity index (χ3v) is 7.43. The summed E-state index contributed by atoms with van der Waals surface area (Å²) in [6.45, 7) is 4.07.